The number of anilines is 2. The predicted octanol–water partition coefficient (Wildman–Crippen LogP) is 4.39. The number of furan rings is 1. The number of nitrogens with one attached hydrogen (secondary N) is 2. The number of carbonyl (C=O) groups excluding carboxylic acids is 2. The number of halogens is 3. The van der Waals surface area contributed by atoms with E-state index in [1.165, 1.54) is 36.7 Å². The zero-order chi connectivity index (χ0) is 23.0. The molecule has 0 spiro atoms. The van der Waals surface area contributed by atoms with Crippen LogP contribution in [-0.4, -0.2) is 26.6 Å². The van der Waals surface area contributed by atoms with E-state index >= 15 is 0 Å². The molecule has 0 radical (unpaired) electrons. The molecule has 164 valence electrons. The van der Waals surface area contributed by atoms with Crippen molar-refractivity contribution >= 4 is 34.2 Å². The first-order chi connectivity index (χ1) is 15.1. The molecule has 0 fully saturated rings. The largest absolute Gasteiger partial charge is 0.459 e. The fourth-order valence-corrected chi connectivity index (χ4v) is 3.19. The van der Waals surface area contributed by atoms with Gasteiger partial charge in [0.1, 0.15) is 0 Å². The molecule has 8 nitrogen and oxygen atoms in total. The second-order valence-electron chi connectivity index (χ2n) is 6.95. The van der Waals surface area contributed by atoms with Crippen molar-refractivity contribution in [1.29, 1.82) is 0 Å². The van der Waals surface area contributed by atoms with Crippen LogP contribution in [-0.2, 0) is 13.2 Å². The molecule has 0 aliphatic rings. The van der Waals surface area contributed by atoms with Crippen LogP contribution in [0.4, 0.5) is 24.5 Å². The summed E-state index contributed by atoms with van der Waals surface area (Å²) in [5.74, 6) is -1.52. The van der Waals surface area contributed by atoms with Crippen LogP contribution in [0.1, 0.15) is 32.2 Å². The summed E-state index contributed by atoms with van der Waals surface area (Å²) in [6.45, 7) is 1.74. The van der Waals surface area contributed by atoms with Crippen LogP contribution in [0.2, 0.25) is 0 Å². The molecule has 2 amide bonds. The van der Waals surface area contributed by atoms with Gasteiger partial charge in [-0.2, -0.15) is 18.3 Å². The zero-order valence-corrected chi connectivity index (χ0v) is 16.8. The zero-order valence-electron chi connectivity index (χ0n) is 16.8. The number of aromatic nitrogens is 3. The Morgan fingerprint density at radius 2 is 1.88 bits per heavy atom. The minimum absolute atomic E-state index is 0.0514. The number of hydrogen-bond acceptors (Lipinski definition) is 5. The Morgan fingerprint density at radius 3 is 2.56 bits per heavy atom. The molecular formula is C21H16F3N5O3. The van der Waals surface area contributed by atoms with Gasteiger partial charge in [0.05, 0.1) is 28.8 Å². The Balaban J connectivity index is 1.62. The monoisotopic (exact) mass is 443 g/mol. The van der Waals surface area contributed by atoms with Gasteiger partial charge < -0.3 is 15.1 Å². The molecule has 3 heterocycles. The third kappa shape index (κ3) is 4.04. The van der Waals surface area contributed by atoms with Crippen molar-refractivity contribution in [3.8, 4) is 0 Å². The maximum atomic E-state index is 13.7. The molecule has 2 N–H and O–H groups in total. The second-order valence-corrected chi connectivity index (χ2v) is 6.95. The first kappa shape index (κ1) is 21.1. The summed E-state index contributed by atoms with van der Waals surface area (Å²) in [6, 6.07) is 7.43. The molecule has 4 rings (SSSR count). The highest BCUT2D eigenvalue weighted by atomic mass is 19.4. The van der Waals surface area contributed by atoms with Crippen molar-refractivity contribution in [3.63, 3.8) is 0 Å². The summed E-state index contributed by atoms with van der Waals surface area (Å²) in [4.78, 5) is 28.9. The van der Waals surface area contributed by atoms with E-state index in [0.29, 0.717) is 16.7 Å². The molecule has 4 aromatic rings. The van der Waals surface area contributed by atoms with Crippen molar-refractivity contribution in [2.75, 3.05) is 10.6 Å². The highest BCUT2D eigenvalue weighted by Crippen LogP contribution is 2.37. The molecule has 0 saturated heterocycles. The van der Waals surface area contributed by atoms with Gasteiger partial charge in [0.25, 0.3) is 11.8 Å². The van der Waals surface area contributed by atoms with Crippen LogP contribution in [0.5, 0.6) is 0 Å². The Kier molecular flexibility index (Phi) is 5.17. The third-order valence-electron chi connectivity index (χ3n) is 4.70. The summed E-state index contributed by atoms with van der Waals surface area (Å²) < 4.78 is 47.4. The van der Waals surface area contributed by atoms with E-state index in [-0.39, 0.29) is 17.0 Å². The third-order valence-corrected chi connectivity index (χ3v) is 4.70. The molecule has 0 atom stereocenters. The fourth-order valence-electron chi connectivity index (χ4n) is 3.19. The Bertz CT molecular complexity index is 1330. The molecule has 0 unspecified atom stereocenters. The van der Waals surface area contributed by atoms with Crippen LogP contribution in [0.3, 0.4) is 0 Å². The van der Waals surface area contributed by atoms with E-state index in [0.717, 1.165) is 12.1 Å². The van der Waals surface area contributed by atoms with Gasteiger partial charge in [-0.15, -0.1) is 0 Å². The first-order valence-corrected chi connectivity index (χ1v) is 9.30. The topological polar surface area (TPSA) is 102 Å². The van der Waals surface area contributed by atoms with E-state index in [9.17, 15) is 22.8 Å². The molecule has 0 saturated carbocycles. The number of aryl methyl sites for hydroxylation is 2. The van der Waals surface area contributed by atoms with Crippen molar-refractivity contribution in [2.45, 2.75) is 13.1 Å². The van der Waals surface area contributed by atoms with E-state index < -0.39 is 29.2 Å². The quantitative estimate of drug-likeness (QED) is 0.487. The van der Waals surface area contributed by atoms with E-state index in [1.807, 2.05) is 0 Å². The maximum Gasteiger partial charge on any atom is 0.418 e. The lowest BCUT2D eigenvalue weighted by Crippen LogP contribution is -2.18. The number of pyridine rings is 1. The number of rotatable bonds is 4. The minimum Gasteiger partial charge on any atom is -0.459 e. The highest BCUT2D eigenvalue weighted by molar-refractivity contribution is 6.06. The fraction of sp³-hybridized carbons (Fsp3) is 0.143. The van der Waals surface area contributed by atoms with E-state index in [4.69, 9.17) is 4.42 Å². The van der Waals surface area contributed by atoms with E-state index in [2.05, 4.69) is 20.7 Å². The normalized spacial score (nSPS) is 11.5. The number of carbonyl (C=O) groups is 2. The lowest BCUT2D eigenvalue weighted by molar-refractivity contribution is -0.136. The Morgan fingerprint density at radius 1 is 1.09 bits per heavy atom. The molecule has 32 heavy (non-hydrogen) atoms. The number of benzene rings is 1. The first-order valence-electron chi connectivity index (χ1n) is 9.30. The van der Waals surface area contributed by atoms with Gasteiger partial charge in [-0.05, 0) is 43.3 Å². The summed E-state index contributed by atoms with van der Waals surface area (Å²) >= 11 is 0. The van der Waals surface area contributed by atoms with Gasteiger partial charge in [0.15, 0.2) is 11.4 Å². The number of amides is 2. The molecule has 1 aromatic carbocycles. The average molecular weight is 443 g/mol. The summed E-state index contributed by atoms with van der Waals surface area (Å²) in [7, 11) is 1.70. The van der Waals surface area contributed by atoms with Crippen molar-refractivity contribution < 1.29 is 27.2 Å². The maximum absolute atomic E-state index is 13.7. The van der Waals surface area contributed by atoms with Gasteiger partial charge in [0.2, 0.25) is 0 Å². The average Bonchev–Trinajstić information content (AvgIpc) is 3.37. The smallest absolute Gasteiger partial charge is 0.418 e. The van der Waals surface area contributed by atoms with Crippen LogP contribution < -0.4 is 10.6 Å². The van der Waals surface area contributed by atoms with Gasteiger partial charge in [-0.25, -0.2) is 4.98 Å². The van der Waals surface area contributed by atoms with Gasteiger partial charge in [-0.3, -0.25) is 14.3 Å². The number of hydrogen-bond donors (Lipinski definition) is 2. The summed E-state index contributed by atoms with van der Waals surface area (Å²) in [5.41, 5.74) is -0.414. The highest BCUT2D eigenvalue weighted by Gasteiger charge is 2.34. The van der Waals surface area contributed by atoms with Crippen LogP contribution >= 0.6 is 0 Å². The molecular weight excluding hydrogens is 427 g/mol. The lowest BCUT2D eigenvalue weighted by atomic mass is 10.1. The Hall–Kier alpha value is -4.15. The number of fused-ring (bicyclic) bond motifs is 1. The van der Waals surface area contributed by atoms with Gasteiger partial charge in [-0.1, -0.05) is 0 Å². The molecule has 0 aliphatic heterocycles. The van der Waals surface area contributed by atoms with E-state index in [1.54, 1.807) is 18.7 Å². The van der Waals surface area contributed by atoms with Crippen LogP contribution in [0, 0.1) is 6.92 Å². The van der Waals surface area contributed by atoms with Crippen LogP contribution in [0.15, 0.2) is 53.3 Å². The van der Waals surface area contributed by atoms with Crippen LogP contribution in [0.25, 0.3) is 11.0 Å². The second kappa shape index (κ2) is 7.84. The van der Waals surface area contributed by atoms with Crippen molar-refractivity contribution in [3.05, 3.63) is 71.4 Å². The van der Waals surface area contributed by atoms with Gasteiger partial charge >= 0.3 is 6.18 Å². The van der Waals surface area contributed by atoms with Crippen molar-refractivity contribution in [2.24, 2.45) is 7.05 Å². The number of nitrogens with zero attached hydrogens (tertiary/aromatic N) is 3. The molecule has 3 aromatic heterocycles. The summed E-state index contributed by atoms with van der Waals surface area (Å²) in [5, 5.41) is 9.43. The molecule has 11 heteroatoms. The lowest BCUT2D eigenvalue weighted by Gasteiger charge is -2.15. The van der Waals surface area contributed by atoms with Gasteiger partial charge in [0, 0.05) is 24.3 Å². The molecule has 0 aliphatic carbocycles. The Labute approximate surface area is 179 Å². The number of alkyl halides is 3. The summed E-state index contributed by atoms with van der Waals surface area (Å²) in [6.07, 6.45) is -2.24. The molecule has 0 bridgehead atoms. The minimum atomic E-state index is -4.78. The SMILES string of the molecule is Cc1nn(C)c2ncc(C(=O)Nc3ccc(NC(=O)c4ccco4)cc3C(F)(F)F)cc12. The standard InChI is InChI=1S/C21H16F3N5O3/c1-11-14-8-12(10-25-18(14)29(2)28-11)19(30)27-16-6-5-13(9-15(16)21(22,23)24)26-20(31)17-4-3-7-32-17/h3-10H,1-2H3,(H,26,31)(H,27,30). The van der Waals surface area contributed by atoms with Crippen molar-refractivity contribution in [1.82, 2.24) is 14.8 Å². The predicted molar refractivity (Wildman–Crippen MR) is 109 cm³/mol.